The van der Waals surface area contributed by atoms with Crippen LogP contribution in [-0.2, 0) is 11.3 Å². The molecule has 0 N–H and O–H groups in total. The summed E-state index contributed by atoms with van der Waals surface area (Å²) in [5.74, 6) is -1.85. The van der Waals surface area contributed by atoms with E-state index in [0.29, 0.717) is 10.9 Å². The van der Waals surface area contributed by atoms with Gasteiger partial charge in [-0.25, -0.2) is 13.6 Å². The highest BCUT2D eigenvalue weighted by Crippen LogP contribution is 2.22. The van der Waals surface area contributed by atoms with E-state index in [4.69, 9.17) is 4.74 Å². The number of carbonyl (C=O) groups excluding carboxylic acids is 1. The number of carbonyl (C=O) groups is 1. The van der Waals surface area contributed by atoms with Gasteiger partial charge < -0.3 is 4.74 Å². The first-order chi connectivity index (χ1) is 11.0. The molecule has 3 rings (SSSR count). The molecule has 0 saturated carbocycles. The maximum Gasteiger partial charge on any atom is 0.359 e. The summed E-state index contributed by atoms with van der Waals surface area (Å²) in [6.45, 7) is 1.99. The number of hydrogen-bond acceptors (Lipinski definition) is 3. The first-order valence-electron chi connectivity index (χ1n) is 6.99. The molecule has 0 fully saturated rings. The average molecular weight is 316 g/mol. The van der Waals surface area contributed by atoms with Crippen molar-refractivity contribution in [2.75, 3.05) is 7.11 Å². The quantitative estimate of drug-likeness (QED) is 0.695. The van der Waals surface area contributed by atoms with Gasteiger partial charge in [-0.05, 0) is 25.1 Å². The molecule has 0 aliphatic carbocycles. The van der Waals surface area contributed by atoms with E-state index in [1.807, 2.05) is 25.1 Å². The second-order valence-electron chi connectivity index (χ2n) is 5.25. The fourth-order valence-corrected chi connectivity index (χ4v) is 2.47. The van der Waals surface area contributed by atoms with Gasteiger partial charge in [0.25, 0.3) is 0 Å². The molecular weight excluding hydrogens is 302 g/mol. The van der Waals surface area contributed by atoms with E-state index in [1.165, 1.54) is 23.9 Å². The summed E-state index contributed by atoms with van der Waals surface area (Å²) in [5, 5.41) is 4.88. The summed E-state index contributed by atoms with van der Waals surface area (Å²) < 4.78 is 33.1. The number of rotatable bonds is 3. The number of hydrogen-bond donors (Lipinski definition) is 0. The minimum absolute atomic E-state index is 0.0860. The monoisotopic (exact) mass is 316 g/mol. The zero-order valence-corrected chi connectivity index (χ0v) is 12.6. The molecule has 118 valence electrons. The lowest BCUT2D eigenvalue weighted by Gasteiger charge is -2.05. The van der Waals surface area contributed by atoms with Crippen LogP contribution in [0.3, 0.4) is 0 Å². The van der Waals surface area contributed by atoms with E-state index in [2.05, 4.69) is 5.10 Å². The summed E-state index contributed by atoms with van der Waals surface area (Å²) in [6, 6.07) is 8.90. The Morgan fingerprint density at radius 2 is 2.00 bits per heavy atom. The lowest BCUT2D eigenvalue weighted by Crippen LogP contribution is -2.07. The van der Waals surface area contributed by atoms with Crippen LogP contribution in [0.2, 0.25) is 0 Å². The predicted octanol–water partition coefficient (Wildman–Crippen LogP) is 3.46. The van der Waals surface area contributed by atoms with Gasteiger partial charge in [-0.3, -0.25) is 4.68 Å². The van der Waals surface area contributed by atoms with E-state index < -0.39 is 17.6 Å². The van der Waals surface area contributed by atoms with Crippen molar-refractivity contribution in [2.45, 2.75) is 13.5 Å². The number of aromatic nitrogens is 2. The lowest BCUT2D eigenvalue weighted by molar-refractivity contribution is 0.0595. The van der Waals surface area contributed by atoms with Crippen molar-refractivity contribution in [1.29, 1.82) is 0 Å². The van der Waals surface area contributed by atoms with Crippen molar-refractivity contribution in [3.8, 4) is 0 Å². The number of aryl methyl sites for hydroxylation is 1. The highest BCUT2D eigenvalue weighted by atomic mass is 19.1. The molecule has 0 aliphatic rings. The van der Waals surface area contributed by atoms with E-state index >= 15 is 0 Å². The molecule has 23 heavy (non-hydrogen) atoms. The van der Waals surface area contributed by atoms with Crippen molar-refractivity contribution < 1.29 is 18.3 Å². The van der Waals surface area contributed by atoms with Gasteiger partial charge in [0.1, 0.15) is 11.6 Å². The Labute approximate surface area is 131 Å². The van der Waals surface area contributed by atoms with Crippen molar-refractivity contribution in [2.24, 2.45) is 0 Å². The van der Waals surface area contributed by atoms with Gasteiger partial charge in [0.15, 0.2) is 5.69 Å². The first-order valence-corrected chi connectivity index (χ1v) is 6.99. The maximum absolute atomic E-state index is 13.9. The van der Waals surface area contributed by atoms with Gasteiger partial charge in [0.05, 0.1) is 19.2 Å². The standard InChI is InChI=1S/C17H14F2N2O2/c1-10-3-6-15-13(7-10)16(17(22)23-2)20-21(15)9-11-4-5-12(18)8-14(11)19/h3-8H,9H2,1-2H3. The first kappa shape index (κ1) is 15.1. The average Bonchev–Trinajstić information content (AvgIpc) is 2.87. The molecule has 6 heteroatoms. The zero-order chi connectivity index (χ0) is 16.6. The molecule has 1 aromatic heterocycles. The molecule has 0 unspecified atom stereocenters. The molecule has 0 saturated heterocycles. The molecule has 0 spiro atoms. The number of esters is 1. The summed E-state index contributed by atoms with van der Waals surface area (Å²) in [5.41, 5.74) is 2.11. The van der Waals surface area contributed by atoms with Gasteiger partial charge in [-0.1, -0.05) is 17.7 Å². The van der Waals surface area contributed by atoms with Crippen LogP contribution in [0.4, 0.5) is 8.78 Å². The Balaban J connectivity index is 2.12. The van der Waals surface area contributed by atoms with Crippen LogP contribution < -0.4 is 0 Å². The third-order valence-electron chi connectivity index (χ3n) is 3.62. The molecule has 0 amide bonds. The largest absolute Gasteiger partial charge is 0.464 e. The van der Waals surface area contributed by atoms with E-state index in [9.17, 15) is 13.6 Å². The van der Waals surface area contributed by atoms with Crippen molar-refractivity contribution in [3.63, 3.8) is 0 Å². The molecule has 3 aromatic rings. The van der Waals surface area contributed by atoms with Crippen LogP contribution in [0.15, 0.2) is 36.4 Å². The van der Waals surface area contributed by atoms with Crippen molar-refractivity contribution in [3.05, 3.63) is 64.9 Å². The zero-order valence-electron chi connectivity index (χ0n) is 12.6. The molecule has 0 bridgehead atoms. The van der Waals surface area contributed by atoms with Gasteiger partial charge >= 0.3 is 5.97 Å². The normalized spacial score (nSPS) is 11.0. The minimum Gasteiger partial charge on any atom is -0.464 e. The summed E-state index contributed by atoms with van der Waals surface area (Å²) >= 11 is 0. The Bertz CT molecular complexity index is 903. The van der Waals surface area contributed by atoms with E-state index in [0.717, 1.165) is 11.6 Å². The van der Waals surface area contributed by atoms with Gasteiger partial charge in [-0.2, -0.15) is 5.10 Å². The van der Waals surface area contributed by atoms with Crippen LogP contribution >= 0.6 is 0 Å². The Hall–Kier alpha value is -2.76. The number of methoxy groups -OCH3 is 1. The van der Waals surface area contributed by atoms with Gasteiger partial charge in [0, 0.05) is 17.0 Å². The maximum atomic E-state index is 13.9. The Morgan fingerprint density at radius 3 is 2.70 bits per heavy atom. The fraction of sp³-hybridized carbons (Fsp3) is 0.176. The van der Waals surface area contributed by atoms with Crippen LogP contribution in [-0.4, -0.2) is 22.9 Å². The third kappa shape index (κ3) is 2.79. The van der Waals surface area contributed by atoms with Crippen molar-refractivity contribution in [1.82, 2.24) is 9.78 Å². The fourth-order valence-electron chi connectivity index (χ4n) is 2.47. The number of fused-ring (bicyclic) bond motifs is 1. The SMILES string of the molecule is COC(=O)c1nn(Cc2ccc(F)cc2F)c2ccc(C)cc12. The highest BCUT2D eigenvalue weighted by Gasteiger charge is 2.18. The Morgan fingerprint density at radius 1 is 1.22 bits per heavy atom. The number of ether oxygens (including phenoxy) is 1. The molecule has 2 aromatic carbocycles. The minimum atomic E-state index is -0.652. The topological polar surface area (TPSA) is 44.1 Å². The second kappa shape index (κ2) is 5.79. The molecular formula is C17H14F2N2O2. The van der Waals surface area contributed by atoms with Crippen LogP contribution in [0, 0.1) is 18.6 Å². The van der Waals surface area contributed by atoms with Gasteiger partial charge in [-0.15, -0.1) is 0 Å². The second-order valence-corrected chi connectivity index (χ2v) is 5.25. The van der Waals surface area contributed by atoms with E-state index in [-0.39, 0.29) is 17.8 Å². The smallest absolute Gasteiger partial charge is 0.359 e. The van der Waals surface area contributed by atoms with Gasteiger partial charge in [0.2, 0.25) is 0 Å². The van der Waals surface area contributed by atoms with Crippen LogP contribution in [0.1, 0.15) is 21.6 Å². The summed E-state index contributed by atoms with van der Waals surface area (Å²) in [7, 11) is 1.28. The molecule has 0 aliphatic heterocycles. The van der Waals surface area contributed by atoms with Crippen LogP contribution in [0.5, 0.6) is 0 Å². The van der Waals surface area contributed by atoms with Crippen LogP contribution in [0.25, 0.3) is 10.9 Å². The van der Waals surface area contributed by atoms with E-state index in [1.54, 1.807) is 0 Å². The number of benzene rings is 2. The lowest BCUT2D eigenvalue weighted by atomic mass is 10.1. The summed E-state index contributed by atoms with van der Waals surface area (Å²) in [6.07, 6.45) is 0. The predicted molar refractivity (Wildman–Crippen MR) is 81.3 cm³/mol. The van der Waals surface area contributed by atoms with Crippen molar-refractivity contribution >= 4 is 16.9 Å². The Kier molecular flexibility index (Phi) is 3.82. The molecule has 0 radical (unpaired) electrons. The third-order valence-corrected chi connectivity index (χ3v) is 3.62. The highest BCUT2D eigenvalue weighted by molar-refractivity contribution is 6.02. The molecule has 1 heterocycles. The number of nitrogens with zero attached hydrogens (tertiary/aromatic N) is 2. The number of halogens is 2. The molecule has 4 nitrogen and oxygen atoms in total. The molecule has 0 atom stereocenters. The summed E-state index contributed by atoms with van der Waals surface area (Å²) in [4.78, 5) is 11.9.